The van der Waals surface area contributed by atoms with Crippen LogP contribution in [0.25, 0.3) is 0 Å². The van der Waals surface area contributed by atoms with Crippen molar-refractivity contribution in [1.82, 2.24) is 15.5 Å². The van der Waals surface area contributed by atoms with Gasteiger partial charge in [0.25, 0.3) is 0 Å². The van der Waals surface area contributed by atoms with Crippen LogP contribution in [-0.4, -0.2) is 68.4 Å². The number of aliphatic carboxylic acids is 1. The van der Waals surface area contributed by atoms with Gasteiger partial charge in [-0.2, -0.15) is 0 Å². The largest absolute Gasteiger partial charge is 0.481 e. The minimum Gasteiger partial charge on any atom is -0.481 e. The molecule has 3 N–H and O–H groups in total. The Morgan fingerprint density at radius 1 is 1.29 bits per heavy atom. The van der Waals surface area contributed by atoms with Crippen molar-refractivity contribution in [2.24, 2.45) is 5.92 Å². The SMILES string of the molecule is COCCN(C)CCNC(=O)NC1CCCCC1C(=O)O. The lowest BCUT2D eigenvalue weighted by Gasteiger charge is -2.29. The number of carbonyl (C=O) groups excluding carboxylic acids is 1. The molecule has 1 aliphatic rings. The van der Waals surface area contributed by atoms with Crippen LogP contribution in [0.1, 0.15) is 25.7 Å². The Labute approximate surface area is 126 Å². The van der Waals surface area contributed by atoms with E-state index in [0.717, 1.165) is 32.4 Å². The maximum Gasteiger partial charge on any atom is 0.315 e. The molecule has 0 radical (unpaired) electrons. The molecular formula is C14H27N3O4. The molecule has 1 fully saturated rings. The summed E-state index contributed by atoms with van der Waals surface area (Å²) in [4.78, 5) is 25.0. The van der Waals surface area contributed by atoms with Gasteiger partial charge in [0.2, 0.25) is 0 Å². The summed E-state index contributed by atoms with van der Waals surface area (Å²) < 4.78 is 4.98. The van der Waals surface area contributed by atoms with Gasteiger partial charge in [0.1, 0.15) is 0 Å². The normalized spacial score (nSPS) is 22.0. The van der Waals surface area contributed by atoms with E-state index in [0.29, 0.717) is 19.6 Å². The molecule has 2 atom stereocenters. The molecule has 7 heteroatoms. The van der Waals surface area contributed by atoms with Gasteiger partial charge < -0.3 is 25.4 Å². The Morgan fingerprint density at radius 2 is 2.00 bits per heavy atom. The number of ether oxygens (including phenoxy) is 1. The molecule has 21 heavy (non-hydrogen) atoms. The quantitative estimate of drug-likeness (QED) is 0.607. The van der Waals surface area contributed by atoms with Gasteiger partial charge in [0, 0.05) is 32.8 Å². The van der Waals surface area contributed by atoms with Gasteiger partial charge in [-0.05, 0) is 19.9 Å². The van der Waals surface area contributed by atoms with Crippen molar-refractivity contribution >= 4 is 12.0 Å². The number of rotatable bonds is 8. The van der Waals surface area contributed by atoms with Crippen molar-refractivity contribution in [3.63, 3.8) is 0 Å². The number of urea groups is 1. The summed E-state index contributed by atoms with van der Waals surface area (Å²) in [5.74, 6) is -1.28. The minimum atomic E-state index is -0.820. The third kappa shape index (κ3) is 6.77. The number of hydrogen-bond acceptors (Lipinski definition) is 4. The Kier molecular flexibility index (Phi) is 8.07. The molecule has 0 aromatic heterocycles. The van der Waals surface area contributed by atoms with Gasteiger partial charge in [-0.1, -0.05) is 12.8 Å². The standard InChI is InChI=1S/C14H27N3O4/c1-17(9-10-21-2)8-7-15-14(20)16-12-6-4-3-5-11(12)13(18)19/h11-12H,3-10H2,1-2H3,(H,18,19)(H2,15,16,20). The van der Waals surface area contributed by atoms with Crippen molar-refractivity contribution in [3.05, 3.63) is 0 Å². The average molecular weight is 301 g/mol. The van der Waals surface area contributed by atoms with Crippen molar-refractivity contribution < 1.29 is 19.4 Å². The lowest BCUT2D eigenvalue weighted by atomic mass is 9.84. The number of amides is 2. The fourth-order valence-corrected chi connectivity index (χ4v) is 2.54. The first-order chi connectivity index (χ1) is 10.0. The van der Waals surface area contributed by atoms with Crippen LogP contribution in [0, 0.1) is 5.92 Å². The van der Waals surface area contributed by atoms with E-state index in [9.17, 15) is 9.59 Å². The van der Waals surface area contributed by atoms with Crippen LogP contribution >= 0.6 is 0 Å². The molecule has 0 bridgehead atoms. The third-order valence-corrected chi connectivity index (χ3v) is 3.86. The van der Waals surface area contributed by atoms with Crippen LogP contribution in [0.4, 0.5) is 4.79 Å². The van der Waals surface area contributed by atoms with Crippen LogP contribution < -0.4 is 10.6 Å². The molecule has 1 rings (SSSR count). The van der Waals surface area contributed by atoms with E-state index in [4.69, 9.17) is 9.84 Å². The second kappa shape index (κ2) is 9.57. The predicted molar refractivity (Wildman–Crippen MR) is 79.3 cm³/mol. The van der Waals surface area contributed by atoms with E-state index >= 15 is 0 Å². The molecule has 0 aromatic carbocycles. The molecule has 1 saturated carbocycles. The number of carboxylic acids is 1. The summed E-state index contributed by atoms with van der Waals surface area (Å²) in [7, 11) is 3.61. The number of carboxylic acid groups (broad SMARTS) is 1. The topological polar surface area (TPSA) is 90.9 Å². The van der Waals surface area contributed by atoms with Crippen LogP contribution in [0.5, 0.6) is 0 Å². The summed E-state index contributed by atoms with van der Waals surface area (Å²) in [5, 5.41) is 14.7. The van der Waals surface area contributed by atoms with Crippen LogP contribution in [0.2, 0.25) is 0 Å². The van der Waals surface area contributed by atoms with E-state index < -0.39 is 11.9 Å². The minimum absolute atomic E-state index is 0.262. The van der Waals surface area contributed by atoms with E-state index in [2.05, 4.69) is 15.5 Å². The molecule has 7 nitrogen and oxygen atoms in total. The molecule has 0 heterocycles. The van der Waals surface area contributed by atoms with Crippen molar-refractivity contribution in [3.8, 4) is 0 Å². The number of carbonyl (C=O) groups is 2. The van der Waals surface area contributed by atoms with Gasteiger partial charge in [-0.25, -0.2) is 4.79 Å². The van der Waals surface area contributed by atoms with E-state index in [1.54, 1.807) is 7.11 Å². The van der Waals surface area contributed by atoms with E-state index in [1.807, 2.05) is 7.05 Å². The molecular weight excluding hydrogens is 274 g/mol. The predicted octanol–water partition coefficient (Wildman–Crippen LogP) is 0.507. The second-order valence-corrected chi connectivity index (χ2v) is 5.53. The first-order valence-electron chi connectivity index (χ1n) is 7.49. The molecule has 1 aliphatic carbocycles. The molecule has 0 aliphatic heterocycles. The lowest BCUT2D eigenvalue weighted by Crippen LogP contribution is -2.49. The zero-order chi connectivity index (χ0) is 15.7. The summed E-state index contributed by atoms with van der Waals surface area (Å²) in [5.41, 5.74) is 0. The first-order valence-corrected chi connectivity index (χ1v) is 7.49. The van der Waals surface area contributed by atoms with Gasteiger partial charge in [-0.15, -0.1) is 0 Å². The van der Waals surface area contributed by atoms with Crippen molar-refractivity contribution in [2.45, 2.75) is 31.7 Å². The van der Waals surface area contributed by atoms with Crippen molar-refractivity contribution in [1.29, 1.82) is 0 Å². The van der Waals surface area contributed by atoms with Crippen molar-refractivity contribution in [2.75, 3.05) is 40.4 Å². The lowest BCUT2D eigenvalue weighted by molar-refractivity contribution is -0.143. The average Bonchev–Trinajstić information content (AvgIpc) is 2.45. The van der Waals surface area contributed by atoms with Crippen LogP contribution in [0.3, 0.4) is 0 Å². The summed E-state index contributed by atoms with van der Waals surface area (Å²) in [6, 6.07) is -0.546. The summed E-state index contributed by atoms with van der Waals surface area (Å²) in [6.07, 6.45) is 3.26. The maximum atomic E-state index is 11.8. The number of nitrogens with zero attached hydrogens (tertiary/aromatic N) is 1. The first kappa shape index (κ1) is 17.7. The highest BCUT2D eigenvalue weighted by Gasteiger charge is 2.31. The Hall–Kier alpha value is -1.34. The van der Waals surface area contributed by atoms with E-state index in [-0.39, 0.29) is 12.1 Å². The van der Waals surface area contributed by atoms with Crippen LogP contribution in [-0.2, 0) is 9.53 Å². The van der Waals surface area contributed by atoms with E-state index in [1.165, 1.54) is 0 Å². The highest BCUT2D eigenvalue weighted by molar-refractivity contribution is 5.76. The number of methoxy groups -OCH3 is 1. The number of likely N-dealkylation sites (N-methyl/N-ethyl adjacent to an activating group) is 1. The molecule has 2 amide bonds. The highest BCUT2D eigenvalue weighted by atomic mass is 16.5. The fraction of sp³-hybridized carbons (Fsp3) is 0.857. The van der Waals surface area contributed by atoms with Gasteiger partial charge in [0.15, 0.2) is 0 Å². The molecule has 0 aromatic rings. The molecule has 2 unspecified atom stereocenters. The summed E-state index contributed by atoms with van der Waals surface area (Å²) >= 11 is 0. The number of nitrogens with one attached hydrogen (secondary N) is 2. The maximum absolute atomic E-state index is 11.8. The summed E-state index contributed by atoms with van der Waals surface area (Å²) in [6.45, 7) is 2.72. The molecule has 0 spiro atoms. The second-order valence-electron chi connectivity index (χ2n) is 5.53. The monoisotopic (exact) mass is 301 g/mol. The van der Waals surface area contributed by atoms with Crippen LogP contribution in [0.15, 0.2) is 0 Å². The van der Waals surface area contributed by atoms with Gasteiger partial charge in [0.05, 0.1) is 12.5 Å². The third-order valence-electron chi connectivity index (χ3n) is 3.86. The fourth-order valence-electron chi connectivity index (χ4n) is 2.54. The molecule has 0 saturated heterocycles. The molecule has 122 valence electrons. The number of hydrogen-bond donors (Lipinski definition) is 3. The Balaban J connectivity index is 2.24. The highest BCUT2D eigenvalue weighted by Crippen LogP contribution is 2.24. The Morgan fingerprint density at radius 3 is 2.67 bits per heavy atom. The smallest absolute Gasteiger partial charge is 0.315 e. The van der Waals surface area contributed by atoms with Gasteiger partial charge >= 0.3 is 12.0 Å². The van der Waals surface area contributed by atoms with Gasteiger partial charge in [-0.3, -0.25) is 4.79 Å². The Bertz CT molecular complexity index is 338. The zero-order valence-corrected chi connectivity index (χ0v) is 12.9. The zero-order valence-electron chi connectivity index (χ0n) is 12.9.